The Bertz CT molecular complexity index is 854. The number of hydrogen-bond acceptors (Lipinski definition) is 3. The van der Waals surface area contributed by atoms with E-state index >= 15 is 0 Å². The molecule has 0 bridgehead atoms. The van der Waals surface area contributed by atoms with Gasteiger partial charge in [0.2, 0.25) is 0 Å². The van der Waals surface area contributed by atoms with E-state index in [-0.39, 0.29) is 5.91 Å². The minimum atomic E-state index is -2.21. The molecule has 1 amide bonds. The SMILES string of the molecule is CNCC(=O)N(C)CCN(C)CC[PH](c1ccccc1)(c1ccccc1)c1ccccc1. The van der Waals surface area contributed by atoms with Gasteiger partial charge in [0.05, 0.1) is 0 Å². The molecule has 0 saturated heterocycles. The van der Waals surface area contributed by atoms with Crippen LogP contribution >= 0.6 is 7.26 Å². The van der Waals surface area contributed by atoms with Gasteiger partial charge in [-0.15, -0.1) is 0 Å². The number of rotatable bonds is 11. The number of likely N-dealkylation sites (N-methyl/N-ethyl adjacent to an activating group) is 3. The molecule has 0 unspecified atom stereocenters. The van der Waals surface area contributed by atoms with E-state index in [9.17, 15) is 4.79 Å². The van der Waals surface area contributed by atoms with Gasteiger partial charge in [-0.25, -0.2) is 0 Å². The van der Waals surface area contributed by atoms with Crippen molar-refractivity contribution in [3.05, 3.63) is 91.0 Å². The van der Waals surface area contributed by atoms with Crippen molar-refractivity contribution in [2.45, 2.75) is 0 Å². The molecule has 0 radical (unpaired) electrons. The molecule has 170 valence electrons. The molecular formula is C27H36N3OP. The summed E-state index contributed by atoms with van der Waals surface area (Å²) in [6, 6.07) is 33.1. The third-order valence-electron chi connectivity index (χ3n) is 6.24. The third kappa shape index (κ3) is 5.83. The van der Waals surface area contributed by atoms with Crippen molar-refractivity contribution < 1.29 is 4.79 Å². The van der Waals surface area contributed by atoms with Crippen LogP contribution in [0.15, 0.2) is 91.0 Å². The molecule has 0 aliphatic heterocycles. The molecule has 0 aliphatic carbocycles. The van der Waals surface area contributed by atoms with Crippen LogP contribution in [0.25, 0.3) is 0 Å². The molecule has 0 heterocycles. The molecule has 4 nitrogen and oxygen atoms in total. The first kappa shape index (κ1) is 24.1. The van der Waals surface area contributed by atoms with Crippen molar-refractivity contribution in [1.82, 2.24) is 15.1 Å². The van der Waals surface area contributed by atoms with Crippen molar-refractivity contribution in [1.29, 1.82) is 0 Å². The fourth-order valence-corrected chi connectivity index (χ4v) is 9.17. The van der Waals surface area contributed by atoms with E-state index in [2.05, 4.69) is 108 Å². The molecule has 0 saturated carbocycles. The van der Waals surface area contributed by atoms with Crippen molar-refractivity contribution in [3.8, 4) is 0 Å². The fourth-order valence-electron chi connectivity index (χ4n) is 4.30. The molecule has 32 heavy (non-hydrogen) atoms. The van der Waals surface area contributed by atoms with Gasteiger partial charge in [0.25, 0.3) is 0 Å². The summed E-state index contributed by atoms with van der Waals surface area (Å²) in [5.41, 5.74) is 0. The molecule has 3 aromatic rings. The molecule has 0 atom stereocenters. The molecule has 5 heteroatoms. The van der Waals surface area contributed by atoms with Crippen LogP contribution in [0.4, 0.5) is 0 Å². The molecule has 3 aromatic carbocycles. The van der Waals surface area contributed by atoms with Crippen LogP contribution in [0.5, 0.6) is 0 Å². The summed E-state index contributed by atoms with van der Waals surface area (Å²) in [5, 5.41) is 7.25. The van der Waals surface area contributed by atoms with Crippen molar-refractivity contribution in [2.24, 2.45) is 0 Å². The molecule has 0 aliphatic rings. The second-order valence-corrected chi connectivity index (χ2v) is 12.4. The van der Waals surface area contributed by atoms with Gasteiger partial charge in [0, 0.05) is 0 Å². The van der Waals surface area contributed by atoms with E-state index in [0.717, 1.165) is 25.8 Å². The van der Waals surface area contributed by atoms with Crippen molar-refractivity contribution in [3.63, 3.8) is 0 Å². The number of hydrogen-bond donors (Lipinski definition) is 1. The number of benzene rings is 3. The van der Waals surface area contributed by atoms with Gasteiger partial charge in [-0.05, 0) is 0 Å². The second-order valence-electron chi connectivity index (χ2n) is 8.40. The van der Waals surface area contributed by atoms with Gasteiger partial charge >= 0.3 is 193 Å². The fraction of sp³-hybridized carbons (Fsp3) is 0.296. The Morgan fingerprint density at radius 1 is 0.719 bits per heavy atom. The third-order valence-corrected chi connectivity index (χ3v) is 11.2. The summed E-state index contributed by atoms with van der Waals surface area (Å²) >= 11 is 0. The normalized spacial score (nSPS) is 12.0. The summed E-state index contributed by atoms with van der Waals surface area (Å²) in [5.74, 6) is 0.127. The maximum absolute atomic E-state index is 12.1. The summed E-state index contributed by atoms with van der Waals surface area (Å²) in [6.45, 7) is 2.94. The van der Waals surface area contributed by atoms with Gasteiger partial charge in [-0.3, -0.25) is 0 Å². The number of amides is 1. The first-order valence-corrected chi connectivity index (χ1v) is 13.5. The topological polar surface area (TPSA) is 35.6 Å². The number of nitrogens with one attached hydrogen (secondary N) is 1. The number of nitrogens with zero attached hydrogens (tertiary/aromatic N) is 2. The van der Waals surface area contributed by atoms with Crippen LogP contribution < -0.4 is 21.2 Å². The summed E-state index contributed by atoms with van der Waals surface area (Å²) in [7, 11) is 3.64. The van der Waals surface area contributed by atoms with E-state index in [1.807, 2.05) is 11.9 Å². The summed E-state index contributed by atoms with van der Waals surface area (Å²) in [4.78, 5) is 16.2. The van der Waals surface area contributed by atoms with E-state index in [0.29, 0.717) is 6.54 Å². The molecular weight excluding hydrogens is 413 g/mol. The van der Waals surface area contributed by atoms with E-state index in [1.165, 1.54) is 15.9 Å². The zero-order valence-electron chi connectivity index (χ0n) is 19.5. The zero-order chi connectivity index (χ0) is 22.8. The van der Waals surface area contributed by atoms with E-state index in [4.69, 9.17) is 0 Å². The van der Waals surface area contributed by atoms with Crippen molar-refractivity contribution >= 4 is 29.1 Å². The Morgan fingerprint density at radius 2 is 1.16 bits per heavy atom. The molecule has 3 rings (SSSR count). The molecule has 1 N–H and O–H groups in total. The average molecular weight is 450 g/mol. The van der Waals surface area contributed by atoms with Crippen LogP contribution in [0.1, 0.15) is 0 Å². The van der Waals surface area contributed by atoms with Gasteiger partial charge in [0.15, 0.2) is 0 Å². The van der Waals surface area contributed by atoms with Crippen LogP contribution in [-0.2, 0) is 4.79 Å². The van der Waals surface area contributed by atoms with Crippen LogP contribution in [0, 0.1) is 0 Å². The van der Waals surface area contributed by atoms with E-state index in [1.54, 1.807) is 7.05 Å². The molecule has 0 fully saturated rings. The molecule has 0 spiro atoms. The standard InChI is InChI=1S/C27H36N3OP/c1-28-23-27(31)30(3)20-19-29(2)21-22-32(24-13-7-4-8-14-24,25-15-9-5-10-16-25)26-17-11-6-12-18-26/h4-18,28,32H,19-23H2,1-3H3. The van der Waals surface area contributed by atoms with Crippen molar-refractivity contribution in [2.75, 3.05) is 53.5 Å². The van der Waals surface area contributed by atoms with Gasteiger partial charge in [0.1, 0.15) is 0 Å². The summed E-state index contributed by atoms with van der Waals surface area (Å²) < 4.78 is 0. The number of carbonyl (C=O) groups is 1. The Balaban J connectivity index is 1.88. The van der Waals surface area contributed by atoms with Gasteiger partial charge < -0.3 is 0 Å². The second kappa shape index (κ2) is 11.9. The molecule has 0 aromatic heterocycles. The Morgan fingerprint density at radius 3 is 1.56 bits per heavy atom. The Kier molecular flexibility index (Phi) is 8.99. The predicted molar refractivity (Wildman–Crippen MR) is 140 cm³/mol. The van der Waals surface area contributed by atoms with Gasteiger partial charge in [-0.2, -0.15) is 0 Å². The van der Waals surface area contributed by atoms with Crippen LogP contribution in [0.3, 0.4) is 0 Å². The monoisotopic (exact) mass is 449 g/mol. The Hall–Kier alpha value is -2.52. The van der Waals surface area contributed by atoms with Crippen LogP contribution in [0.2, 0.25) is 0 Å². The first-order chi connectivity index (χ1) is 15.6. The maximum atomic E-state index is 12.1. The average Bonchev–Trinajstić information content (AvgIpc) is 2.85. The Labute approximate surface area is 193 Å². The predicted octanol–water partition coefficient (Wildman–Crippen LogP) is 2.32. The van der Waals surface area contributed by atoms with E-state index < -0.39 is 7.26 Å². The first-order valence-electron chi connectivity index (χ1n) is 11.3. The number of carbonyl (C=O) groups excluding carboxylic acids is 1. The van der Waals surface area contributed by atoms with Gasteiger partial charge in [-0.1, -0.05) is 0 Å². The zero-order valence-corrected chi connectivity index (χ0v) is 20.5. The summed E-state index contributed by atoms with van der Waals surface area (Å²) in [6.07, 6.45) is 1.08. The quantitative estimate of drug-likeness (QED) is 0.457. The minimum absolute atomic E-state index is 0.127. The van der Waals surface area contributed by atoms with Crippen LogP contribution in [-0.4, -0.2) is 69.2 Å².